The molecule has 0 aliphatic carbocycles. The van der Waals surface area contributed by atoms with Gasteiger partial charge in [0.05, 0.1) is 18.9 Å². The Morgan fingerprint density at radius 1 is 1.07 bits per heavy atom. The molecule has 0 atom stereocenters. The van der Waals surface area contributed by atoms with Crippen LogP contribution >= 0.6 is 0 Å². The van der Waals surface area contributed by atoms with Crippen LogP contribution < -0.4 is 9.47 Å². The Morgan fingerprint density at radius 3 is 2.69 bits per heavy atom. The molecular formula is C22H22N2O5. The summed E-state index contributed by atoms with van der Waals surface area (Å²) >= 11 is 0. The average Bonchev–Trinajstić information content (AvgIpc) is 3.22. The van der Waals surface area contributed by atoms with Crippen molar-refractivity contribution in [2.24, 2.45) is 0 Å². The van der Waals surface area contributed by atoms with E-state index in [9.17, 15) is 4.79 Å². The van der Waals surface area contributed by atoms with Crippen molar-refractivity contribution < 1.29 is 23.4 Å². The summed E-state index contributed by atoms with van der Waals surface area (Å²) in [7, 11) is 0. The van der Waals surface area contributed by atoms with Crippen molar-refractivity contribution >= 4 is 16.8 Å². The summed E-state index contributed by atoms with van der Waals surface area (Å²) < 4.78 is 22.5. The third-order valence-corrected chi connectivity index (χ3v) is 5.35. The Bertz CT molecular complexity index is 1070. The molecule has 2 aliphatic rings. The fraction of sp³-hybridized carbons (Fsp3) is 0.364. The topological polar surface area (TPSA) is 74.0 Å². The van der Waals surface area contributed by atoms with Crippen LogP contribution in [0.5, 0.6) is 11.5 Å². The van der Waals surface area contributed by atoms with Crippen molar-refractivity contribution in [2.75, 3.05) is 39.5 Å². The van der Waals surface area contributed by atoms with Crippen LogP contribution in [0.3, 0.4) is 0 Å². The maximum absolute atomic E-state index is 13.1. The number of carbonyl (C=O) groups is 1. The summed E-state index contributed by atoms with van der Waals surface area (Å²) in [5, 5.41) is 0.935. The van der Waals surface area contributed by atoms with Gasteiger partial charge in [-0.3, -0.25) is 14.7 Å². The van der Waals surface area contributed by atoms with Crippen molar-refractivity contribution in [1.82, 2.24) is 9.88 Å². The van der Waals surface area contributed by atoms with Crippen molar-refractivity contribution in [1.29, 1.82) is 0 Å². The maximum atomic E-state index is 13.1. The number of aryl methyl sites for hydroxylation is 1. The fourth-order valence-corrected chi connectivity index (χ4v) is 3.77. The van der Waals surface area contributed by atoms with Gasteiger partial charge in [0.25, 0.3) is 0 Å². The largest absolute Gasteiger partial charge is 0.486 e. The van der Waals surface area contributed by atoms with Crippen molar-refractivity contribution in [2.45, 2.75) is 13.5 Å². The molecule has 7 heteroatoms. The minimum absolute atomic E-state index is 0.185. The highest BCUT2D eigenvalue weighted by atomic mass is 16.6. The van der Waals surface area contributed by atoms with E-state index >= 15 is 0 Å². The van der Waals surface area contributed by atoms with E-state index in [1.807, 2.05) is 19.2 Å². The molecule has 29 heavy (non-hydrogen) atoms. The molecule has 0 amide bonds. The normalized spacial score (nSPS) is 16.9. The molecular weight excluding hydrogens is 372 g/mol. The van der Waals surface area contributed by atoms with Gasteiger partial charge in [-0.1, -0.05) is 0 Å². The van der Waals surface area contributed by atoms with Gasteiger partial charge in [0, 0.05) is 36.8 Å². The van der Waals surface area contributed by atoms with Gasteiger partial charge in [0.2, 0.25) is 5.78 Å². The average molecular weight is 394 g/mol. The predicted octanol–water partition coefficient (Wildman–Crippen LogP) is 2.97. The molecule has 2 aromatic heterocycles. The number of benzene rings is 1. The predicted molar refractivity (Wildman–Crippen MR) is 106 cm³/mol. The highest BCUT2D eigenvalue weighted by Gasteiger charge is 2.21. The molecule has 150 valence electrons. The zero-order valence-corrected chi connectivity index (χ0v) is 16.3. The van der Waals surface area contributed by atoms with Gasteiger partial charge >= 0.3 is 0 Å². The minimum atomic E-state index is -0.185. The number of carbonyl (C=O) groups excluding carboxylic acids is 1. The van der Waals surface area contributed by atoms with Gasteiger partial charge < -0.3 is 18.6 Å². The van der Waals surface area contributed by atoms with E-state index < -0.39 is 0 Å². The van der Waals surface area contributed by atoms with Crippen LogP contribution in [-0.2, 0) is 11.3 Å². The molecule has 1 saturated heterocycles. The second-order valence-corrected chi connectivity index (χ2v) is 7.30. The number of hydrogen-bond donors (Lipinski definition) is 0. The number of ketones is 1. The second kappa shape index (κ2) is 7.50. The fourth-order valence-electron chi connectivity index (χ4n) is 3.77. The first-order chi connectivity index (χ1) is 14.2. The van der Waals surface area contributed by atoms with E-state index in [2.05, 4.69) is 9.88 Å². The van der Waals surface area contributed by atoms with Crippen LogP contribution in [0.25, 0.3) is 11.0 Å². The SMILES string of the molecule is Cc1ncc(CN2CCOCC2)c2cc(C(=O)c3ccc4c(c3)OCCO4)oc12. The van der Waals surface area contributed by atoms with E-state index in [4.69, 9.17) is 18.6 Å². The smallest absolute Gasteiger partial charge is 0.228 e. The molecule has 2 aliphatic heterocycles. The Hall–Kier alpha value is -2.90. The first kappa shape index (κ1) is 18.1. The maximum Gasteiger partial charge on any atom is 0.228 e. The van der Waals surface area contributed by atoms with Crippen LogP contribution in [0, 0.1) is 6.92 Å². The zero-order chi connectivity index (χ0) is 19.8. The zero-order valence-electron chi connectivity index (χ0n) is 16.3. The molecule has 0 N–H and O–H groups in total. The summed E-state index contributed by atoms with van der Waals surface area (Å²) in [5.41, 5.74) is 3.00. The van der Waals surface area contributed by atoms with Crippen molar-refractivity contribution in [3.63, 3.8) is 0 Å². The first-order valence-corrected chi connectivity index (χ1v) is 9.81. The number of morpholine rings is 1. The van der Waals surface area contributed by atoms with E-state index in [1.165, 1.54) is 0 Å². The summed E-state index contributed by atoms with van der Waals surface area (Å²) in [6.07, 6.45) is 1.88. The van der Waals surface area contributed by atoms with Gasteiger partial charge in [-0.2, -0.15) is 0 Å². The first-order valence-electron chi connectivity index (χ1n) is 9.81. The lowest BCUT2D eigenvalue weighted by atomic mass is 10.1. The minimum Gasteiger partial charge on any atom is -0.486 e. The Morgan fingerprint density at radius 2 is 1.86 bits per heavy atom. The molecule has 4 heterocycles. The molecule has 0 bridgehead atoms. The molecule has 1 aromatic carbocycles. The Balaban J connectivity index is 1.48. The highest BCUT2D eigenvalue weighted by molar-refractivity contribution is 6.09. The van der Waals surface area contributed by atoms with E-state index in [0.29, 0.717) is 41.6 Å². The summed E-state index contributed by atoms with van der Waals surface area (Å²) in [6, 6.07) is 7.05. The highest BCUT2D eigenvalue weighted by Crippen LogP contribution is 2.33. The van der Waals surface area contributed by atoms with Gasteiger partial charge in [-0.05, 0) is 36.8 Å². The van der Waals surface area contributed by atoms with Crippen LogP contribution in [0.15, 0.2) is 34.9 Å². The molecule has 5 rings (SSSR count). The van der Waals surface area contributed by atoms with Crippen LogP contribution in [0.2, 0.25) is 0 Å². The molecule has 7 nitrogen and oxygen atoms in total. The summed E-state index contributed by atoms with van der Waals surface area (Å²) in [6.45, 7) is 6.88. The molecule has 0 unspecified atom stereocenters. The number of ether oxygens (including phenoxy) is 3. The number of fused-ring (bicyclic) bond motifs is 2. The van der Waals surface area contributed by atoms with Crippen LogP contribution in [-0.4, -0.2) is 55.2 Å². The summed E-state index contributed by atoms with van der Waals surface area (Å²) in [4.78, 5) is 19.9. The van der Waals surface area contributed by atoms with Gasteiger partial charge in [-0.15, -0.1) is 0 Å². The Kier molecular flexibility index (Phi) is 4.69. The van der Waals surface area contributed by atoms with Crippen LogP contribution in [0.1, 0.15) is 27.4 Å². The number of rotatable bonds is 4. The number of hydrogen-bond acceptors (Lipinski definition) is 7. The molecule has 0 spiro atoms. The standard InChI is InChI=1S/C22H22N2O5/c1-14-22-17(16(12-23-14)13-24-4-6-26-7-5-24)11-20(29-22)21(25)15-2-3-18-19(10-15)28-9-8-27-18/h2-3,10-12H,4-9,13H2,1H3. The quantitative estimate of drug-likeness (QED) is 0.630. The third kappa shape index (κ3) is 3.47. The number of pyridine rings is 1. The van der Waals surface area contributed by atoms with Crippen LogP contribution in [0.4, 0.5) is 0 Å². The van der Waals surface area contributed by atoms with E-state index in [0.717, 1.165) is 49.5 Å². The van der Waals surface area contributed by atoms with E-state index in [1.54, 1.807) is 18.2 Å². The van der Waals surface area contributed by atoms with Crippen molar-refractivity contribution in [3.05, 3.63) is 53.0 Å². The second-order valence-electron chi connectivity index (χ2n) is 7.30. The summed E-state index contributed by atoms with van der Waals surface area (Å²) in [5.74, 6) is 1.36. The molecule has 0 radical (unpaired) electrons. The number of furan rings is 1. The lowest BCUT2D eigenvalue weighted by molar-refractivity contribution is 0.0343. The third-order valence-electron chi connectivity index (χ3n) is 5.35. The van der Waals surface area contributed by atoms with E-state index in [-0.39, 0.29) is 5.78 Å². The van der Waals surface area contributed by atoms with Crippen molar-refractivity contribution in [3.8, 4) is 11.5 Å². The molecule has 1 fully saturated rings. The monoisotopic (exact) mass is 394 g/mol. The van der Waals surface area contributed by atoms with Gasteiger partial charge in [-0.25, -0.2) is 0 Å². The van der Waals surface area contributed by atoms with Gasteiger partial charge in [0.15, 0.2) is 22.8 Å². The molecule has 3 aromatic rings. The number of aromatic nitrogens is 1. The lowest BCUT2D eigenvalue weighted by Gasteiger charge is -2.26. The van der Waals surface area contributed by atoms with Gasteiger partial charge in [0.1, 0.15) is 13.2 Å². The lowest BCUT2D eigenvalue weighted by Crippen LogP contribution is -2.35. The Labute approximate surface area is 168 Å². The molecule has 0 saturated carbocycles. The number of nitrogens with zero attached hydrogens (tertiary/aromatic N) is 2.